The van der Waals surface area contributed by atoms with Crippen LogP contribution in [0.2, 0.25) is 0 Å². The fourth-order valence-corrected chi connectivity index (χ4v) is 2.32. The van der Waals surface area contributed by atoms with E-state index in [1.807, 2.05) is 13.8 Å². The predicted molar refractivity (Wildman–Crippen MR) is 70.4 cm³/mol. The summed E-state index contributed by atoms with van der Waals surface area (Å²) in [5, 5.41) is 29.0. The summed E-state index contributed by atoms with van der Waals surface area (Å²) in [4.78, 5) is 13.8. The zero-order valence-electron chi connectivity index (χ0n) is 11.1. The summed E-state index contributed by atoms with van der Waals surface area (Å²) in [7, 11) is 0. The van der Waals surface area contributed by atoms with Gasteiger partial charge in [0.05, 0.1) is 11.7 Å². The van der Waals surface area contributed by atoms with E-state index in [0.29, 0.717) is 18.5 Å². The maximum Gasteiger partial charge on any atom is 0.257 e. The first-order chi connectivity index (χ1) is 8.90. The van der Waals surface area contributed by atoms with Gasteiger partial charge in [-0.25, -0.2) is 0 Å². The van der Waals surface area contributed by atoms with Gasteiger partial charge in [-0.05, 0) is 24.0 Å². The molecule has 0 radical (unpaired) electrons. The minimum Gasteiger partial charge on any atom is -0.508 e. The number of phenolic OH excluding ortho intramolecular Hbond substituents is 2. The molecule has 0 aromatic heterocycles. The van der Waals surface area contributed by atoms with E-state index >= 15 is 0 Å². The molecule has 5 heteroatoms. The number of carbonyl (C=O) groups is 1. The van der Waals surface area contributed by atoms with Gasteiger partial charge in [0.25, 0.3) is 5.91 Å². The fraction of sp³-hybridized carbons (Fsp3) is 0.500. The topological polar surface area (TPSA) is 81.0 Å². The number of carbonyl (C=O) groups excluding carboxylic acids is 1. The van der Waals surface area contributed by atoms with E-state index in [4.69, 9.17) is 0 Å². The van der Waals surface area contributed by atoms with E-state index in [1.165, 1.54) is 17.0 Å². The molecule has 1 aliphatic heterocycles. The van der Waals surface area contributed by atoms with Crippen molar-refractivity contribution in [2.45, 2.75) is 32.3 Å². The van der Waals surface area contributed by atoms with Gasteiger partial charge in [0.15, 0.2) is 0 Å². The Balaban J connectivity index is 2.33. The lowest BCUT2D eigenvalue weighted by Gasteiger charge is -2.18. The van der Waals surface area contributed by atoms with Crippen molar-refractivity contribution in [2.24, 2.45) is 0 Å². The van der Waals surface area contributed by atoms with E-state index in [-0.39, 0.29) is 35.4 Å². The summed E-state index contributed by atoms with van der Waals surface area (Å²) in [6.07, 6.45) is 0.0644. The lowest BCUT2D eigenvalue weighted by Crippen LogP contribution is -2.29. The average Bonchev–Trinajstić information content (AvgIpc) is 2.74. The first-order valence-electron chi connectivity index (χ1n) is 6.43. The van der Waals surface area contributed by atoms with Crippen molar-refractivity contribution in [3.63, 3.8) is 0 Å². The number of benzene rings is 1. The van der Waals surface area contributed by atoms with E-state index < -0.39 is 6.10 Å². The number of likely N-dealkylation sites (tertiary alicyclic amines) is 1. The first kappa shape index (κ1) is 13.7. The number of aliphatic hydroxyl groups excluding tert-OH is 1. The smallest absolute Gasteiger partial charge is 0.257 e. The Morgan fingerprint density at radius 1 is 1.32 bits per heavy atom. The molecule has 1 heterocycles. The lowest BCUT2D eigenvalue weighted by molar-refractivity contribution is 0.0762. The van der Waals surface area contributed by atoms with Crippen LogP contribution in [0.3, 0.4) is 0 Å². The molecule has 1 saturated heterocycles. The zero-order valence-corrected chi connectivity index (χ0v) is 11.1. The van der Waals surface area contributed by atoms with Crippen LogP contribution in [0.4, 0.5) is 0 Å². The Morgan fingerprint density at radius 2 is 2.00 bits per heavy atom. The van der Waals surface area contributed by atoms with Crippen LogP contribution in [0.5, 0.6) is 11.5 Å². The Kier molecular flexibility index (Phi) is 3.66. The largest absolute Gasteiger partial charge is 0.508 e. The average molecular weight is 265 g/mol. The molecule has 0 saturated carbocycles. The number of rotatable bonds is 2. The predicted octanol–water partition coefficient (Wildman–Crippen LogP) is 1.43. The fourth-order valence-electron chi connectivity index (χ4n) is 2.32. The minimum absolute atomic E-state index is 0.00879. The van der Waals surface area contributed by atoms with Gasteiger partial charge in [-0.15, -0.1) is 0 Å². The van der Waals surface area contributed by atoms with Gasteiger partial charge in [0, 0.05) is 19.2 Å². The highest BCUT2D eigenvalue weighted by atomic mass is 16.3. The maximum atomic E-state index is 12.3. The monoisotopic (exact) mass is 265 g/mol. The lowest BCUT2D eigenvalue weighted by atomic mass is 9.98. The summed E-state index contributed by atoms with van der Waals surface area (Å²) >= 11 is 0. The van der Waals surface area contributed by atoms with E-state index in [2.05, 4.69) is 0 Å². The number of aromatic hydroxyl groups is 2. The molecular weight excluding hydrogens is 246 g/mol. The third kappa shape index (κ3) is 2.66. The second-order valence-electron chi connectivity index (χ2n) is 5.28. The summed E-state index contributed by atoms with van der Waals surface area (Å²) in [6, 6.07) is 2.73. The van der Waals surface area contributed by atoms with Crippen LogP contribution in [0, 0.1) is 0 Å². The number of β-amino-alcohol motifs (C(OH)–C–C–N with tert-alkyl or cyclic N) is 1. The number of phenols is 2. The molecule has 0 spiro atoms. The van der Waals surface area contributed by atoms with Gasteiger partial charge in [-0.3, -0.25) is 4.79 Å². The molecule has 1 aromatic carbocycles. The van der Waals surface area contributed by atoms with Gasteiger partial charge in [-0.1, -0.05) is 13.8 Å². The van der Waals surface area contributed by atoms with Crippen molar-refractivity contribution < 1.29 is 20.1 Å². The molecule has 1 aliphatic rings. The molecule has 1 unspecified atom stereocenters. The number of nitrogens with zero attached hydrogens (tertiary/aromatic N) is 1. The molecular formula is C14H19NO4. The van der Waals surface area contributed by atoms with Crippen LogP contribution < -0.4 is 0 Å². The molecule has 104 valence electrons. The second-order valence-corrected chi connectivity index (χ2v) is 5.28. The van der Waals surface area contributed by atoms with Crippen LogP contribution in [0.15, 0.2) is 12.1 Å². The van der Waals surface area contributed by atoms with Gasteiger partial charge in [0.1, 0.15) is 11.5 Å². The number of amides is 1. The molecule has 19 heavy (non-hydrogen) atoms. The van der Waals surface area contributed by atoms with Crippen LogP contribution >= 0.6 is 0 Å². The van der Waals surface area contributed by atoms with Crippen LogP contribution in [0.1, 0.15) is 42.1 Å². The molecule has 1 fully saturated rings. The molecule has 0 bridgehead atoms. The highest BCUT2D eigenvalue weighted by Gasteiger charge is 2.27. The zero-order chi connectivity index (χ0) is 14.2. The van der Waals surface area contributed by atoms with E-state index in [1.54, 1.807) is 0 Å². The van der Waals surface area contributed by atoms with Crippen molar-refractivity contribution in [1.82, 2.24) is 4.90 Å². The summed E-state index contributed by atoms with van der Waals surface area (Å²) < 4.78 is 0. The van der Waals surface area contributed by atoms with E-state index in [0.717, 1.165) is 0 Å². The van der Waals surface area contributed by atoms with E-state index in [9.17, 15) is 20.1 Å². The molecule has 5 nitrogen and oxygen atoms in total. The van der Waals surface area contributed by atoms with Crippen molar-refractivity contribution in [2.75, 3.05) is 13.1 Å². The Hall–Kier alpha value is -1.75. The minimum atomic E-state index is -0.493. The number of hydrogen-bond donors (Lipinski definition) is 3. The Labute approximate surface area is 112 Å². The van der Waals surface area contributed by atoms with Gasteiger partial charge < -0.3 is 20.2 Å². The van der Waals surface area contributed by atoms with Crippen LogP contribution in [0.25, 0.3) is 0 Å². The molecule has 2 rings (SSSR count). The second kappa shape index (κ2) is 5.09. The SMILES string of the molecule is CC(C)c1cc(C(=O)N2CCC(O)C2)c(O)cc1O. The number of hydrogen-bond acceptors (Lipinski definition) is 4. The van der Waals surface area contributed by atoms with Crippen molar-refractivity contribution >= 4 is 5.91 Å². The van der Waals surface area contributed by atoms with Gasteiger partial charge in [-0.2, -0.15) is 0 Å². The third-order valence-corrected chi connectivity index (χ3v) is 3.45. The standard InChI is InChI=1S/C14H19NO4/c1-8(2)10-5-11(13(18)6-12(10)17)14(19)15-4-3-9(16)7-15/h5-6,8-9,16-18H,3-4,7H2,1-2H3. The number of aliphatic hydroxyl groups is 1. The quantitative estimate of drug-likeness (QED) is 0.755. The molecule has 1 atom stereocenters. The molecule has 1 aromatic rings. The normalized spacial score (nSPS) is 19.2. The summed E-state index contributed by atoms with van der Waals surface area (Å²) in [5.74, 6) is -0.494. The van der Waals surface area contributed by atoms with Gasteiger partial charge >= 0.3 is 0 Å². The molecule has 0 aliphatic carbocycles. The highest BCUT2D eigenvalue weighted by molar-refractivity contribution is 5.97. The first-order valence-corrected chi connectivity index (χ1v) is 6.43. The Morgan fingerprint density at radius 3 is 2.53 bits per heavy atom. The molecule has 1 amide bonds. The van der Waals surface area contributed by atoms with Crippen LogP contribution in [-0.4, -0.2) is 45.3 Å². The van der Waals surface area contributed by atoms with Gasteiger partial charge in [0.2, 0.25) is 0 Å². The van der Waals surface area contributed by atoms with Crippen molar-refractivity contribution in [3.05, 3.63) is 23.3 Å². The molecule has 3 N–H and O–H groups in total. The van der Waals surface area contributed by atoms with Crippen molar-refractivity contribution in [1.29, 1.82) is 0 Å². The summed E-state index contributed by atoms with van der Waals surface area (Å²) in [6.45, 7) is 4.58. The highest BCUT2D eigenvalue weighted by Crippen LogP contribution is 2.33. The van der Waals surface area contributed by atoms with Crippen LogP contribution in [-0.2, 0) is 0 Å². The maximum absolute atomic E-state index is 12.3. The van der Waals surface area contributed by atoms with Crippen molar-refractivity contribution in [3.8, 4) is 11.5 Å². The Bertz CT molecular complexity index is 498. The summed E-state index contributed by atoms with van der Waals surface area (Å²) in [5.41, 5.74) is 0.802. The third-order valence-electron chi connectivity index (χ3n) is 3.45.